The molecular weight excluding hydrogens is 344 g/mol. The number of methoxy groups -OCH3 is 1. The highest BCUT2D eigenvalue weighted by atomic mass is 35.5. The van der Waals surface area contributed by atoms with Crippen LogP contribution in [0.2, 0.25) is 5.02 Å². The van der Waals surface area contributed by atoms with Gasteiger partial charge >= 0.3 is 0 Å². The van der Waals surface area contributed by atoms with Crippen LogP contribution in [0, 0.1) is 5.41 Å². The van der Waals surface area contributed by atoms with Crippen LogP contribution in [0.5, 0.6) is 5.75 Å². The summed E-state index contributed by atoms with van der Waals surface area (Å²) in [4.78, 5) is 5.03. The quantitative estimate of drug-likeness (QED) is 0.735. The third-order valence-electron chi connectivity index (χ3n) is 5.72. The number of nitrogens with zero attached hydrogens (tertiary/aromatic N) is 1. The molecule has 0 saturated heterocycles. The predicted octanol–water partition coefficient (Wildman–Crippen LogP) is 5.87. The van der Waals surface area contributed by atoms with E-state index in [9.17, 15) is 0 Å². The van der Waals surface area contributed by atoms with Crippen LogP contribution in [0.15, 0.2) is 47.5 Å². The van der Waals surface area contributed by atoms with E-state index in [0.717, 1.165) is 34.3 Å². The molecule has 2 aromatic rings. The Bertz CT molecular complexity index is 825. The molecule has 0 aromatic heterocycles. The standard InChI is InChI=1S/C22H25ClN2O/c1-26-19-9-8-17-14-22(10-3-2-4-11-22)21(25-20(17)13-19)24-15-16-6-5-7-18(23)12-16/h5-9,12-13H,2-4,10-11,14-15H2,1H3,(H,24,25). The third kappa shape index (κ3) is 3.45. The second kappa shape index (κ2) is 7.32. The van der Waals surface area contributed by atoms with Crippen molar-refractivity contribution in [3.05, 3.63) is 58.6 Å². The van der Waals surface area contributed by atoms with Gasteiger partial charge in [-0.25, -0.2) is 0 Å². The fourth-order valence-electron chi connectivity index (χ4n) is 4.32. The smallest absolute Gasteiger partial charge is 0.120 e. The summed E-state index contributed by atoms with van der Waals surface area (Å²) in [7, 11) is 1.71. The van der Waals surface area contributed by atoms with E-state index in [2.05, 4.69) is 29.6 Å². The minimum Gasteiger partial charge on any atom is -0.497 e. The van der Waals surface area contributed by atoms with Crippen LogP contribution >= 0.6 is 11.6 Å². The summed E-state index contributed by atoms with van der Waals surface area (Å²) < 4.78 is 5.40. The average molecular weight is 369 g/mol. The second-order valence-corrected chi connectivity index (χ2v) is 7.90. The molecule has 1 aliphatic carbocycles. The Hall–Kier alpha value is -2.00. The number of hydrogen-bond acceptors (Lipinski definition) is 2. The van der Waals surface area contributed by atoms with Crippen molar-refractivity contribution in [2.24, 2.45) is 10.4 Å². The molecule has 1 aliphatic heterocycles. The van der Waals surface area contributed by atoms with Gasteiger partial charge in [0.15, 0.2) is 0 Å². The first-order valence-electron chi connectivity index (χ1n) is 9.42. The average Bonchev–Trinajstić information content (AvgIpc) is 2.67. The molecule has 2 aromatic carbocycles. The second-order valence-electron chi connectivity index (χ2n) is 7.46. The largest absolute Gasteiger partial charge is 0.497 e. The molecule has 1 N–H and O–H groups in total. The molecule has 136 valence electrons. The Balaban J connectivity index is 1.67. The van der Waals surface area contributed by atoms with E-state index in [0.29, 0.717) is 6.54 Å². The number of aliphatic imine (C=N–C) groups is 1. The third-order valence-corrected chi connectivity index (χ3v) is 5.96. The van der Waals surface area contributed by atoms with Crippen LogP contribution in [-0.2, 0) is 13.0 Å². The van der Waals surface area contributed by atoms with Crippen LogP contribution in [0.3, 0.4) is 0 Å². The molecular formula is C22H25ClN2O. The summed E-state index contributed by atoms with van der Waals surface area (Å²) in [5.41, 5.74) is 3.80. The van der Waals surface area contributed by atoms with E-state index in [1.807, 2.05) is 18.2 Å². The highest BCUT2D eigenvalue weighted by Gasteiger charge is 2.41. The monoisotopic (exact) mass is 368 g/mol. The summed E-state index contributed by atoms with van der Waals surface area (Å²) in [6.45, 7) is 0.657. The van der Waals surface area contributed by atoms with Gasteiger partial charge in [0, 0.05) is 22.2 Å². The van der Waals surface area contributed by atoms with E-state index in [4.69, 9.17) is 21.3 Å². The number of ether oxygens (including phenoxy) is 1. The molecule has 0 unspecified atom stereocenters. The summed E-state index contributed by atoms with van der Waals surface area (Å²) in [6.07, 6.45) is 7.37. The Kier molecular flexibility index (Phi) is 4.90. The number of fused-ring (bicyclic) bond motifs is 1. The van der Waals surface area contributed by atoms with Crippen molar-refractivity contribution < 1.29 is 4.74 Å². The van der Waals surface area contributed by atoms with Gasteiger partial charge in [-0.1, -0.05) is 49.1 Å². The van der Waals surface area contributed by atoms with Gasteiger partial charge in [-0.2, -0.15) is 0 Å². The molecule has 0 atom stereocenters. The van der Waals surface area contributed by atoms with Crippen LogP contribution in [0.4, 0.5) is 5.69 Å². The van der Waals surface area contributed by atoms with Crippen molar-refractivity contribution in [1.82, 2.24) is 0 Å². The number of rotatable bonds is 3. The van der Waals surface area contributed by atoms with Crippen molar-refractivity contribution in [2.75, 3.05) is 12.4 Å². The van der Waals surface area contributed by atoms with Gasteiger partial charge in [0.1, 0.15) is 11.6 Å². The van der Waals surface area contributed by atoms with E-state index in [1.165, 1.54) is 37.7 Å². The number of benzene rings is 2. The molecule has 26 heavy (non-hydrogen) atoms. The maximum absolute atomic E-state index is 6.13. The Morgan fingerprint density at radius 3 is 2.73 bits per heavy atom. The van der Waals surface area contributed by atoms with E-state index >= 15 is 0 Å². The lowest BCUT2D eigenvalue weighted by atomic mass is 9.67. The topological polar surface area (TPSA) is 33.6 Å². The predicted molar refractivity (Wildman–Crippen MR) is 108 cm³/mol. The number of halogens is 1. The molecule has 4 rings (SSSR count). The molecule has 0 bridgehead atoms. The molecule has 1 saturated carbocycles. The number of hydrogen-bond donors (Lipinski definition) is 1. The highest BCUT2D eigenvalue weighted by molar-refractivity contribution is 6.30. The molecule has 2 aliphatic rings. The van der Waals surface area contributed by atoms with Gasteiger partial charge in [-0.15, -0.1) is 0 Å². The minimum absolute atomic E-state index is 0.151. The number of nitrogens with one attached hydrogen (secondary N) is 1. The molecule has 3 nitrogen and oxygen atoms in total. The lowest BCUT2D eigenvalue weighted by molar-refractivity contribution is 0.278. The van der Waals surface area contributed by atoms with Gasteiger partial charge in [0.2, 0.25) is 0 Å². The maximum Gasteiger partial charge on any atom is 0.120 e. The molecule has 0 radical (unpaired) electrons. The highest BCUT2D eigenvalue weighted by Crippen LogP contribution is 2.45. The summed E-state index contributed by atoms with van der Waals surface area (Å²) >= 11 is 6.13. The minimum atomic E-state index is 0.151. The van der Waals surface area contributed by atoms with E-state index < -0.39 is 0 Å². The molecule has 0 amide bonds. The van der Waals surface area contributed by atoms with Crippen LogP contribution in [0.25, 0.3) is 0 Å². The fraction of sp³-hybridized carbons (Fsp3) is 0.409. The summed E-state index contributed by atoms with van der Waals surface area (Å²) in [6, 6.07) is 14.3. The summed E-state index contributed by atoms with van der Waals surface area (Å²) in [5.74, 6) is 2.02. The van der Waals surface area contributed by atoms with Gasteiger partial charge in [0.25, 0.3) is 0 Å². The zero-order valence-electron chi connectivity index (χ0n) is 15.2. The van der Waals surface area contributed by atoms with Crippen molar-refractivity contribution in [1.29, 1.82) is 0 Å². The Morgan fingerprint density at radius 1 is 1.12 bits per heavy atom. The zero-order chi connectivity index (χ0) is 18.0. The first kappa shape index (κ1) is 17.4. The van der Waals surface area contributed by atoms with Crippen molar-refractivity contribution in [3.8, 4) is 5.75 Å². The molecule has 1 spiro atoms. The first-order valence-corrected chi connectivity index (χ1v) is 9.80. The SMILES string of the molecule is COc1ccc2c(c1)NC(=NCc1cccc(Cl)c1)C1(CCCCC1)C2. The number of amidine groups is 1. The molecule has 1 heterocycles. The zero-order valence-corrected chi connectivity index (χ0v) is 16.0. The lowest BCUT2D eigenvalue weighted by Gasteiger charge is -2.42. The van der Waals surface area contributed by atoms with Crippen molar-refractivity contribution in [2.45, 2.75) is 45.1 Å². The Labute approximate surface area is 160 Å². The normalized spacial score (nSPS) is 19.8. The summed E-state index contributed by atoms with van der Waals surface area (Å²) in [5, 5.41) is 4.42. The van der Waals surface area contributed by atoms with Crippen LogP contribution in [-0.4, -0.2) is 12.9 Å². The fourth-order valence-corrected chi connectivity index (χ4v) is 4.53. The van der Waals surface area contributed by atoms with Crippen LogP contribution in [0.1, 0.15) is 43.2 Å². The number of anilines is 1. The van der Waals surface area contributed by atoms with Crippen LogP contribution < -0.4 is 10.1 Å². The maximum atomic E-state index is 6.13. The molecule has 4 heteroatoms. The first-order chi connectivity index (χ1) is 12.7. The van der Waals surface area contributed by atoms with Gasteiger partial charge in [-0.05, 0) is 48.6 Å². The van der Waals surface area contributed by atoms with Gasteiger partial charge in [0.05, 0.1) is 13.7 Å². The van der Waals surface area contributed by atoms with E-state index in [1.54, 1.807) is 7.11 Å². The van der Waals surface area contributed by atoms with Crippen molar-refractivity contribution in [3.63, 3.8) is 0 Å². The lowest BCUT2D eigenvalue weighted by Crippen LogP contribution is -2.43. The van der Waals surface area contributed by atoms with Crippen molar-refractivity contribution >= 4 is 23.1 Å². The van der Waals surface area contributed by atoms with Gasteiger partial charge < -0.3 is 10.1 Å². The molecule has 1 fully saturated rings. The van der Waals surface area contributed by atoms with Gasteiger partial charge in [-0.3, -0.25) is 4.99 Å². The van der Waals surface area contributed by atoms with E-state index in [-0.39, 0.29) is 5.41 Å². The Morgan fingerprint density at radius 2 is 1.96 bits per heavy atom.